The molecule has 0 bridgehead atoms. The van der Waals surface area contributed by atoms with Crippen LogP contribution in [0, 0.1) is 0 Å². The van der Waals surface area contributed by atoms with Crippen molar-refractivity contribution in [2.24, 2.45) is 0 Å². The monoisotopic (exact) mass is 894 g/mol. The highest BCUT2D eigenvalue weighted by Gasteiger charge is 2.50. The molecule has 4 heterocycles. The maximum absolute atomic E-state index is 14.8. The molecule has 6 aromatic rings. The van der Waals surface area contributed by atoms with Gasteiger partial charge in [-0.15, -0.1) is 20.3 Å². The van der Waals surface area contributed by atoms with E-state index >= 15 is 0 Å². The number of imide groups is 4. The summed E-state index contributed by atoms with van der Waals surface area (Å²) in [5, 5.41) is 0.361. The molecule has 0 saturated heterocycles. The lowest BCUT2D eigenvalue weighted by molar-refractivity contribution is -0.0561. The molecule has 0 saturated carbocycles. The molecule has 0 N–H and O–H groups in total. The zero-order valence-electron chi connectivity index (χ0n) is 32.3. The minimum Gasteiger partial charge on any atom is -0.266 e. The van der Waals surface area contributed by atoms with E-state index in [1.54, 1.807) is 0 Å². The molecule has 0 fully saturated rings. The smallest absolute Gasteiger partial charge is 0.266 e. The summed E-state index contributed by atoms with van der Waals surface area (Å²) in [6.07, 6.45) is 0. The number of amides is 8. The molecular weight excluding hydrogens is 870 g/mol. The Hall–Kier alpha value is -7.82. The summed E-state index contributed by atoms with van der Waals surface area (Å²) in [6.45, 7) is 0. The summed E-state index contributed by atoms with van der Waals surface area (Å²) in [7, 11) is -10.1. The van der Waals surface area contributed by atoms with E-state index in [1.165, 1.54) is 146 Å². The van der Waals surface area contributed by atoms with Crippen molar-refractivity contribution in [3.05, 3.63) is 190 Å². The summed E-state index contributed by atoms with van der Waals surface area (Å²) in [5.74, 6) is -7.78. The van der Waals surface area contributed by atoms with Crippen molar-refractivity contribution in [3.8, 4) is 11.1 Å². The van der Waals surface area contributed by atoms with Gasteiger partial charge in [0.1, 0.15) is 0 Å². The predicted molar refractivity (Wildman–Crippen MR) is 218 cm³/mol. The zero-order chi connectivity index (χ0) is 44.7. The van der Waals surface area contributed by atoms with E-state index in [4.69, 9.17) is 18.5 Å². The first kappa shape index (κ1) is 40.3. The lowest BCUT2D eigenvalue weighted by atomic mass is 10.1. The van der Waals surface area contributed by atoms with Crippen LogP contribution in [0.4, 0.5) is 0 Å². The summed E-state index contributed by atoms with van der Waals surface area (Å²) in [5.41, 5.74) is 0.382. The van der Waals surface area contributed by atoms with Crippen molar-refractivity contribution < 1.29 is 66.0 Å². The number of carbonyl (C=O) groups excluding carboxylic acids is 8. The molecule has 6 aromatic carbocycles. The number of rotatable bonds is 11. The molecule has 0 aromatic heterocycles. The molecule has 0 spiro atoms. The average molecular weight is 895 g/mol. The first-order chi connectivity index (χ1) is 30.8. The van der Waals surface area contributed by atoms with E-state index in [2.05, 4.69) is 0 Å². The Morgan fingerprint density at radius 3 is 0.609 bits per heavy atom. The minimum absolute atomic E-state index is 0.0497. The Balaban J connectivity index is 0.966. The second kappa shape index (κ2) is 14.9. The zero-order valence-corrected chi connectivity index (χ0v) is 34.0. The highest BCUT2D eigenvalue weighted by atomic mass is 31.2. The third-order valence-electron chi connectivity index (χ3n) is 10.5. The van der Waals surface area contributed by atoms with Gasteiger partial charge in [0, 0.05) is 0 Å². The Kier molecular flexibility index (Phi) is 9.39. The highest BCUT2D eigenvalue weighted by Crippen LogP contribution is 2.53. The number of fused-ring (bicyclic) bond motifs is 4. The van der Waals surface area contributed by atoms with Crippen LogP contribution in [0.2, 0.25) is 0 Å². The van der Waals surface area contributed by atoms with E-state index in [1.807, 2.05) is 0 Å². The first-order valence-corrected chi connectivity index (χ1v) is 22.0. The van der Waals surface area contributed by atoms with E-state index in [0.717, 1.165) is 0 Å². The topological polar surface area (TPSA) is 221 Å². The summed E-state index contributed by atoms with van der Waals surface area (Å²) < 4.78 is 52.0. The fraction of sp³-hybridized carbons (Fsp3) is 0. The molecule has 10 rings (SSSR count). The maximum Gasteiger partial charge on any atom is 0.404 e. The molecular formula is C44H24N4O14P2. The van der Waals surface area contributed by atoms with Crippen LogP contribution in [0.25, 0.3) is 11.1 Å². The van der Waals surface area contributed by atoms with Gasteiger partial charge in [-0.2, -0.15) is 18.5 Å². The predicted octanol–water partition coefficient (Wildman–Crippen LogP) is 5.90. The van der Waals surface area contributed by atoms with Crippen molar-refractivity contribution in [3.63, 3.8) is 0 Å². The van der Waals surface area contributed by atoms with Crippen molar-refractivity contribution in [2.45, 2.75) is 0 Å². The minimum atomic E-state index is -5.03. The molecule has 0 atom stereocenters. The van der Waals surface area contributed by atoms with E-state index < -0.39 is 62.4 Å². The molecule has 64 heavy (non-hydrogen) atoms. The van der Waals surface area contributed by atoms with E-state index in [-0.39, 0.29) is 75.4 Å². The van der Waals surface area contributed by atoms with Crippen molar-refractivity contribution >= 4 is 73.1 Å². The van der Waals surface area contributed by atoms with Crippen LogP contribution in [-0.2, 0) is 27.6 Å². The summed E-state index contributed by atoms with van der Waals surface area (Å²) >= 11 is 0. The number of benzene rings is 6. The van der Waals surface area contributed by atoms with Crippen LogP contribution < -0.4 is 10.6 Å². The number of hydrogen-bond donors (Lipinski definition) is 0. The van der Waals surface area contributed by atoms with Gasteiger partial charge in [0.2, 0.25) is 0 Å². The molecule has 0 unspecified atom stereocenters. The highest BCUT2D eigenvalue weighted by molar-refractivity contribution is 7.62. The van der Waals surface area contributed by atoms with Crippen molar-refractivity contribution in [2.75, 3.05) is 0 Å². The van der Waals surface area contributed by atoms with Crippen molar-refractivity contribution in [1.29, 1.82) is 0 Å². The van der Waals surface area contributed by atoms with Crippen LogP contribution in [0.5, 0.6) is 0 Å². The van der Waals surface area contributed by atoms with Crippen LogP contribution in [0.1, 0.15) is 82.9 Å². The van der Waals surface area contributed by atoms with E-state index in [9.17, 15) is 47.5 Å². The van der Waals surface area contributed by atoms with Gasteiger partial charge in [0.15, 0.2) is 0 Å². The molecule has 314 valence electrons. The number of hydrogen-bond acceptors (Lipinski definition) is 14. The maximum atomic E-state index is 14.8. The third-order valence-corrected chi connectivity index (χ3v) is 13.9. The molecule has 4 aliphatic rings. The quantitative estimate of drug-likeness (QED) is 0.109. The number of nitrogens with zero attached hydrogens (tertiary/aromatic N) is 4. The standard InChI is InChI=1S/C44H24N4O14P2/c49-37-29-9-1-2-10-30(29)38(50)45(37)59-63(57,60-46-39(51)31-11-3-4-12-32(31)40(46)52)27-21-17-25(18-22-27)26-19-23-28(24-20-26)64(58,61-47-41(53)33-13-5-6-14-34(33)42(47)54)62-48-43(55)35-15-7-8-16-36(35)44(48)56/h1-24H. The second-order valence-electron chi connectivity index (χ2n) is 14.2. The fourth-order valence-corrected chi connectivity index (χ4v) is 10.2. The van der Waals surface area contributed by atoms with Crippen LogP contribution in [-0.4, -0.2) is 67.5 Å². The summed E-state index contributed by atoms with van der Waals surface area (Å²) in [4.78, 5) is 106. The number of carbonyl (C=O) groups is 8. The van der Waals surface area contributed by atoms with Gasteiger partial charge in [0.25, 0.3) is 47.3 Å². The molecule has 20 heteroatoms. The fourth-order valence-electron chi connectivity index (χ4n) is 7.29. The van der Waals surface area contributed by atoms with Gasteiger partial charge in [-0.25, -0.2) is 0 Å². The van der Waals surface area contributed by atoms with Gasteiger partial charge >= 0.3 is 15.2 Å². The number of hydroxylamine groups is 8. The molecule has 8 amide bonds. The lowest BCUT2D eigenvalue weighted by Gasteiger charge is -2.25. The molecule has 18 nitrogen and oxygen atoms in total. The summed E-state index contributed by atoms with van der Waals surface area (Å²) in [6, 6.07) is 33.6. The Labute approximate surface area is 359 Å². The SMILES string of the molecule is O=C1c2ccccc2C(=O)N1OP(=O)(ON1C(=O)c2ccccc2C1=O)c1ccc(-c2ccc(P(=O)(ON3C(=O)c4ccccc4C3=O)ON3C(=O)c4ccccc4C3=O)cc2)cc1. The van der Waals surface area contributed by atoms with Gasteiger partial charge in [-0.1, -0.05) is 72.8 Å². The van der Waals surface area contributed by atoms with Crippen molar-refractivity contribution in [1.82, 2.24) is 20.3 Å². The Morgan fingerprint density at radius 1 is 0.266 bits per heavy atom. The first-order valence-electron chi connectivity index (χ1n) is 18.9. The van der Waals surface area contributed by atoms with Crippen LogP contribution in [0.3, 0.4) is 0 Å². The van der Waals surface area contributed by atoms with Gasteiger partial charge < -0.3 is 0 Å². The third kappa shape index (κ3) is 6.28. The van der Waals surface area contributed by atoms with E-state index in [0.29, 0.717) is 11.1 Å². The largest absolute Gasteiger partial charge is 0.404 e. The van der Waals surface area contributed by atoms with Gasteiger partial charge in [-0.3, -0.25) is 47.5 Å². The normalized spacial score (nSPS) is 15.7. The second-order valence-corrected chi connectivity index (χ2v) is 17.9. The average Bonchev–Trinajstić information content (AvgIpc) is 3.90. The van der Waals surface area contributed by atoms with Crippen LogP contribution in [0.15, 0.2) is 146 Å². The Bertz CT molecular complexity index is 2710. The lowest BCUT2D eigenvalue weighted by Crippen LogP contribution is -2.35. The molecule has 0 aliphatic carbocycles. The van der Waals surface area contributed by atoms with Gasteiger partial charge in [-0.05, 0) is 83.9 Å². The molecule has 4 aliphatic heterocycles. The Morgan fingerprint density at radius 2 is 0.438 bits per heavy atom. The van der Waals surface area contributed by atoms with Crippen LogP contribution >= 0.6 is 15.2 Å². The van der Waals surface area contributed by atoms with Gasteiger partial charge in [0.05, 0.1) is 55.1 Å². The molecule has 0 radical (unpaired) electrons.